The summed E-state index contributed by atoms with van der Waals surface area (Å²) >= 11 is 1.33. The van der Waals surface area contributed by atoms with E-state index in [0.29, 0.717) is 24.0 Å². The maximum absolute atomic E-state index is 13.5. The molecule has 13 heteroatoms. The molecule has 4 heterocycles. The molecule has 4 N–H and O–H groups in total. The predicted octanol–water partition coefficient (Wildman–Crippen LogP) is 2.51. The molecule has 1 saturated heterocycles. The number of amides is 2. The lowest BCUT2D eigenvalue weighted by atomic mass is 9.93. The first-order valence-corrected chi connectivity index (χ1v) is 14.2. The Morgan fingerprint density at radius 2 is 2.02 bits per heavy atom. The maximum Gasteiger partial charge on any atom is 0.328 e. The molecule has 218 valence electrons. The number of nitrogens with zero attached hydrogens (tertiary/aromatic N) is 4. The van der Waals surface area contributed by atoms with E-state index in [-0.39, 0.29) is 53.6 Å². The number of hydrogen-bond donors (Lipinski definition) is 4. The number of aromatic nitrogens is 3. The quantitative estimate of drug-likeness (QED) is 0.277. The van der Waals surface area contributed by atoms with Gasteiger partial charge in [0.2, 0.25) is 5.91 Å². The molecule has 1 aliphatic heterocycles. The number of aliphatic hydroxyl groups is 1. The highest BCUT2D eigenvalue weighted by atomic mass is 32.1. The zero-order valence-corrected chi connectivity index (χ0v) is 24.0. The number of fused-ring (bicyclic) bond motifs is 1. The Morgan fingerprint density at radius 3 is 2.71 bits per heavy atom. The van der Waals surface area contributed by atoms with E-state index in [1.165, 1.54) is 40.1 Å². The van der Waals surface area contributed by atoms with Gasteiger partial charge in [0.1, 0.15) is 11.5 Å². The molecular formula is C28H34N6O6S. The molecule has 1 atom stereocenters. The summed E-state index contributed by atoms with van der Waals surface area (Å²) in [6, 6.07) is 3.00. The largest absolute Gasteiger partial charge is 0.478 e. The number of hydrogen-bond acceptors (Lipinski definition) is 9. The standard InChI is InChI=1S/C28H34N6O6S/c1-28(2,3)20-16-41-27(30-20)32-25(39)18-8-11-34-21(14-18)31-24(19(26(34)40)6-7-23(37)38)33-10-4-5-17(15-33)13-22(36)29-9-12-35/h6-8,11,14,16-17,35H,4-5,9-10,12-13,15H2,1-3H3,(H,29,36)(H,37,38)(H,30,32,39). The predicted molar refractivity (Wildman–Crippen MR) is 157 cm³/mol. The van der Waals surface area contributed by atoms with E-state index in [1.807, 2.05) is 31.1 Å². The third-order valence-electron chi connectivity index (χ3n) is 6.72. The van der Waals surface area contributed by atoms with Gasteiger partial charge in [-0.2, -0.15) is 0 Å². The van der Waals surface area contributed by atoms with Crippen LogP contribution in [0.4, 0.5) is 10.9 Å². The first kappa shape index (κ1) is 29.9. The number of carboxylic acid groups (broad SMARTS) is 1. The van der Waals surface area contributed by atoms with Gasteiger partial charge < -0.3 is 20.4 Å². The van der Waals surface area contributed by atoms with Gasteiger partial charge in [-0.15, -0.1) is 11.3 Å². The fourth-order valence-electron chi connectivity index (χ4n) is 4.62. The second kappa shape index (κ2) is 12.6. The number of aliphatic carboxylic acids is 1. The van der Waals surface area contributed by atoms with E-state index in [0.717, 1.165) is 24.6 Å². The normalized spacial score (nSPS) is 15.8. The highest BCUT2D eigenvalue weighted by molar-refractivity contribution is 7.14. The highest BCUT2D eigenvalue weighted by Gasteiger charge is 2.26. The molecule has 0 bridgehead atoms. The van der Waals surface area contributed by atoms with E-state index < -0.39 is 17.4 Å². The molecule has 3 aromatic rings. The van der Waals surface area contributed by atoms with Gasteiger partial charge in [-0.25, -0.2) is 14.8 Å². The number of anilines is 2. The summed E-state index contributed by atoms with van der Waals surface area (Å²) in [7, 11) is 0. The number of thiazole rings is 1. The molecule has 0 radical (unpaired) electrons. The topological polar surface area (TPSA) is 166 Å². The molecule has 41 heavy (non-hydrogen) atoms. The number of nitrogens with one attached hydrogen (secondary N) is 2. The second-order valence-corrected chi connectivity index (χ2v) is 11.8. The van der Waals surface area contributed by atoms with Crippen LogP contribution in [0.25, 0.3) is 11.7 Å². The van der Waals surface area contributed by atoms with Crippen LogP contribution in [0.1, 0.15) is 61.6 Å². The van der Waals surface area contributed by atoms with Crippen molar-refractivity contribution < 1.29 is 24.6 Å². The molecule has 0 saturated carbocycles. The third kappa shape index (κ3) is 7.35. The molecule has 0 spiro atoms. The van der Waals surface area contributed by atoms with E-state index >= 15 is 0 Å². The fraction of sp³-hybridized carbons (Fsp3) is 0.429. The summed E-state index contributed by atoms with van der Waals surface area (Å²) in [5, 5.41) is 26.0. The van der Waals surface area contributed by atoms with Crippen LogP contribution >= 0.6 is 11.3 Å². The Kier molecular flexibility index (Phi) is 9.18. The smallest absolute Gasteiger partial charge is 0.328 e. The Hall–Kier alpha value is -4.10. The van der Waals surface area contributed by atoms with Gasteiger partial charge in [0.05, 0.1) is 17.9 Å². The number of carbonyl (C=O) groups is 3. The zero-order chi connectivity index (χ0) is 29.7. The van der Waals surface area contributed by atoms with Crippen LogP contribution in [0, 0.1) is 5.92 Å². The molecule has 1 aliphatic rings. The molecule has 3 aromatic heterocycles. The lowest BCUT2D eigenvalue weighted by Crippen LogP contribution is -2.40. The van der Waals surface area contributed by atoms with Crippen molar-refractivity contribution in [3.05, 3.63) is 57.0 Å². The lowest BCUT2D eigenvalue weighted by Gasteiger charge is -2.34. The van der Waals surface area contributed by atoms with Crippen molar-refractivity contribution in [2.24, 2.45) is 5.92 Å². The number of rotatable bonds is 9. The summed E-state index contributed by atoms with van der Waals surface area (Å²) in [5.41, 5.74) is 0.829. The van der Waals surface area contributed by atoms with Crippen molar-refractivity contribution in [3.8, 4) is 0 Å². The van der Waals surface area contributed by atoms with E-state index in [2.05, 4.69) is 15.6 Å². The Bertz CT molecular complexity index is 1540. The Balaban J connectivity index is 1.66. The van der Waals surface area contributed by atoms with Gasteiger partial charge in [-0.1, -0.05) is 20.8 Å². The number of aliphatic hydroxyl groups excluding tert-OH is 1. The van der Waals surface area contributed by atoms with Crippen LogP contribution in [0.15, 0.2) is 34.6 Å². The van der Waals surface area contributed by atoms with Crippen molar-refractivity contribution in [1.82, 2.24) is 19.7 Å². The van der Waals surface area contributed by atoms with Crippen LogP contribution in [0.3, 0.4) is 0 Å². The van der Waals surface area contributed by atoms with Crippen LogP contribution < -0.4 is 21.1 Å². The molecular weight excluding hydrogens is 548 g/mol. The minimum absolute atomic E-state index is 0.0209. The van der Waals surface area contributed by atoms with Crippen molar-refractivity contribution >= 4 is 51.8 Å². The fourth-order valence-corrected chi connectivity index (χ4v) is 5.55. The Labute approximate surface area is 240 Å². The average molecular weight is 583 g/mol. The molecule has 12 nitrogen and oxygen atoms in total. The summed E-state index contributed by atoms with van der Waals surface area (Å²) in [5.74, 6) is -1.51. The number of carboxylic acids is 1. The van der Waals surface area contributed by atoms with Crippen LogP contribution in [-0.4, -0.2) is 68.6 Å². The lowest BCUT2D eigenvalue weighted by molar-refractivity contribution is -0.131. The first-order chi connectivity index (χ1) is 19.5. The average Bonchev–Trinajstić information content (AvgIpc) is 3.40. The molecule has 0 aliphatic carbocycles. The minimum Gasteiger partial charge on any atom is -0.478 e. The second-order valence-electron chi connectivity index (χ2n) is 10.9. The molecule has 2 amide bonds. The number of carbonyl (C=O) groups excluding carboxylic acids is 2. The highest BCUT2D eigenvalue weighted by Crippen LogP contribution is 2.28. The van der Waals surface area contributed by atoms with Crippen molar-refractivity contribution in [1.29, 1.82) is 0 Å². The monoisotopic (exact) mass is 582 g/mol. The van der Waals surface area contributed by atoms with Gasteiger partial charge in [0, 0.05) is 54.7 Å². The Morgan fingerprint density at radius 1 is 1.24 bits per heavy atom. The van der Waals surface area contributed by atoms with Gasteiger partial charge in [-0.3, -0.25) is 24.1 Å². The molecule has 1 fully saturated rings. The molecule has 1 unspecified atom stereocenters. The molecule has 4 rings (SSSR count). The van der Waals surface area contributed by atoms with Crippen LogP contribution in [0.5, 0.6) is 0 Å². The summed E-state index contributed by atoms with van der Waals surface area (Å²) in [6.45, 7) is 7.14. The van der Waals surface area contributed by atoms with Gasteiger partial charge >= 0.3 is 5.97 Å². The number of piperidine rings is 1. The number of pyridine rings is 1. The maximum atomic E-state index is 13.5. The summed E-state index contributed by atoms with van der Waals surface area (Å²) in [6.07, 6.45) is 5.35. The van der Waals surface area contributed by atoms with Gasteiger partial charge in [0.15, 0.2) is 5.13 Å². The van der Waals surface area contributed by atoms with Crippen molar-refractivity contribution in [2.75, 3.05) is 36.5 Å². The van der Waals surface area contributed by atoms with E-state index in [1.54, 1.807) is 0 Å². The van der Waals surface area contributed by atoms with Crippen LogP contribution in [0.2, 0.25) is 0 Å². The van der Waals surface area contributed by atoms with Gasteiger partial charge in [0.25, 0.3) is 11.5 Å². The minimum atomic E-state index is -1.21. The van der Waals surface area contributed by atoms with Gasteiger partial charge in [-0.05, 0) is 37.0 Å². The first-order valence-electron chi connectivity index (χ1n) is 13.3. The molecule has 0 aromatic carbocycles. The van der Waals surface area contributed by atoms with Crippen LogP contribution in [-0.2, 0) is 15.0 Å². The third-order valence-corrected chi connectivity index (χ3v) is 7.48. The SMILES string of the molecule is CC(C)(C)c1csc(NC(=O)c2ccn3c(=O)c(C=CC(=O)O)c(N4CCCC(CC(=O)NCCO)C4)nc3c2)n1. The van der Waals surface area contributed by atoms with Crippen molar-refractivity contribution in [2.45, 2.75) is 45.4 Å². The summed E-state index contributed by atoms with van der Waals surface area (Å²) < 4.78 is 1.27. The van der Waals surface area contributed by atoms with E-state index in [4.69, 9.17) is 10.1 Å². The van der Waals surface area contributed by atoms with E-state index in [9.17, 15) is 24.3 Å². The summed E-state index contributed by atoms with van der Waals surface area (Å²) in [4.78, 5) is 61.2. The van der Waals surface area contributed by atoms with Crippen molar-refractivity contribution in [3.63, 3.8) is 0 Å². The zero-order valence-electron chi connectivity index (χ0n) is 23.2.